The van der Waals surface area contributed by atoms with Crippen LogP contribution >= 0.6 is 0 Å². The Hall–Kier alpha value is -2.18. The first kappa shape index (κ1) is 13.3. The van der Waals surface area contributed by atoms with Crippen molar-refractivity contribution in [1.82, 2.24) is 4.90 Å². The summed E-state index contributed by atoms with van der Waals surface area (Å²) >= 11 is 0. The van der Waals surface area contributed by atoms with Crippen molar-refractivity contribution in [2.75, 3.05) is 0 Å². The number of likely N-dealkylation sites (tertiary alicyclic amines) is 1. The molecule has 0 aromatic heterocycles. The third-order valence-corrected chi connectivity index (χ3v) is 3.21. The lowest BCUT2D eigenvalue weighted by molar-refractivity contribution is -0.142. The predicted molar refractivity (Wildman–Crippen MR) is 59.6 cm³/mol. The zero-order valence-corrected chi connectivity index (χ0v) is 9.72. The molecule has 5 nitrogen and oxygen atoms in total. The summed E-state index contributed by atoms with van der Waals surface area (Å²) in [6.45, 7) is 0. The Labute approximate surface area is 107 Å². The van der Waals surface area contributed by atoms with Crippen LogP contribution in [0.3, 0.4) is 0 Å². The Balaban J connectivity index is 2.41. The summed E-state index contributed by atoms with van der Waals surface area (Å²) in [7, 11) is 0. The molecule has 1 saturated heterocycles. The standard InChI is InChI=1S/C12H11F2NO4/c13-6-1-2-8(14)7(5-6)9-3-4-10(11(16)17)15(9)12(18)19/h1-2,5,9-10H,3-4H2,(H,16,17)(H,18,19)/t9-,10+/m0/s1. The lowest BCUT2D eigenvalue weighted by Crippen LogP contribution is -2.41. The van der Waals surface area contributed by atoms with Crippen molar-refractivity contribution in [3.8, 4) is 0 Å². The summed E-state index contributed by atoms with van der Waals surface area (Å²) < 4.78 is 26.8. The first-order valence-electron chi connectivity index (χ1n) is 5.61. The number of aliphatic carboxylic acids is 1. The largest absolute Gasteiger partial charge is 0.480 e. The van der Waals surface area contributed by atoms with Gasteiger partial charge in [-0.3, -0.25) is 4.90 Å². The van der Waals surface area contributed by atoms with Gasteiger partial charge >= 0.3 is 12.1 Å². The van der Waals surface area contributed by atoms with E-state index in [1.165, 1.54) is 0 Å². The van der Waals surface area contributed by atoms with E-state index in [1.54, 1.807) is 0 Å². The van der Waals surface area contributed by atoms with Gasteiger partial charge < -0.3 is 10.2 Å². The third-order valence-electron chi connectivity index (χ3n) is 3.21. The molecular formula is C12H11F2NO4. The number of carbonyl (C=O) groups is 2. The molecule has 0 radical (unpaired) electrons. The Morgan fingerprint density at radius 3 is 2.47 bits per heavy atom. The number of amides is 1. The lowest BCUT2D eigenvalue weighted by Gasteiger charge is -2.25. The summed E-state index contributed by atoms with van der Waals surface area (Å²) in [5, 5.41) is 18.0. The molecule has 1 heterocycles. The molecular weight excluding hydrogens is 260 g/mol. The number of hydrogen-bond acceptors (Lipinski definition) is 2. The lowest BCUT2D eigenvalue weighted by atomic mass is 10.0. The highest BCUT2D eigenvalue weighted by atomic mass is 19.1. The van der Waals surface area contributed by atoms with E-state index >= 15 is 0 Å². The van der Waals surface area contributed by atoms with E-state index in [1.807, 2.05) is 0 Å². The summed E-state index contributed by atoms with van der Waals surface area (Å²) in [6.07, 6.45) is -1.25. The van der Waals surface area contributed by atoms with Crippen LogP contribution in [0.2, 0.25) is 0 Å². The molecule has 1 aliphatic heterocycles. The number of hydrogen-bond donors (Lipinski definition) is 2. The summed E-state index contributed by atoms with van der Waals surface area (Å²) in [4.78, 5) is 22.8. The highest BCUT2D eigenvalue weighted by molar-refractivity contribution is 5.80. The second-order valence-electron chi connectivity index (χ2n) is 4.30. The first-order chi connectivity index (χ1) is 8.91. The number of carboxylic acid groups (broad SMARTS) is 2. The topological polar surface area (TPSA) is 77.8 Å². The van der Waals surface area contributed by atoms with Crippen molar-refractivity contribution in [1.29, 1.82) is 0 Å². The predicted octanol–water partition coefficient (Wildman–Crippen LogP) is 2.23. The summed E-state index contributed by atoms with van der Waals surface area (Å²) in [6, 6.07) is 0.520. The van der Waals surface area contributed by atoms with Crippen LogP contribution in [-0.2, 0) is 4.79 Å². The Morgan fingerprint density at radius 1 is 1.21 bits per heavy atom. The molecule has 0 unspecified atom stereocenters. The molecule has 2 atom stereocenters. The van der Waals surface area contributed by atoms with Gasteiger partial charge in [-0.2, -0.15) is 0 Å². The minimum Gasteiger partial charge on any atom is -0.480 e. The maximum absolute atomic E-state index is 13.7. The minimum absolute atomic E-state index is 0.0717. The Kier molecular flexibility index (Phi) is 3.37. The van der Waals surface area contributed by atoms with Crippen molar-refractivity contribution in [3.63, 3.8) is 0 Å². The fraction of sp³-hybridized carbons (Fsp3) is 0.333. The maximum atomic E-state index is 13.7. The van der Waals surface area contributed by atoms with E-state index < -0.39 is 35.8 Å². The second kappa shape index (κ2) is 4.83. The van der Waals surface area contributed by atoms with E-state index in [2.05, 4.69) is 0 Å². The van der Waals surface area contributed by atoms with Gasteiger partial charge in [-0.1, -0.05) is 0 Å². The van der Waals surface area contributed by atoms with Crippen molar-refractivity contribution in [2.45, 2.75) is 24.9 Å². The van der Waals surface area contributed by atoms with Gasteiger partial charge in [-0.25, -0.2) is 18.4 Å². The highest BCUT2D eigenvalue weighted by Crippen LogP contribution is 2.37. The van der Waals surface area contributed by atoms with E-state index in [0.29, 0.717) is 4.90 Å². The monoisotopic (exact) mass is 271 g/mol. The average Bonchev–Trinajstić information content (AvgIpc) is 2.76. The summed E-state index contributed by atoms with van der Waals surface area (Å²) in [5.41, 5.74) is -0.133. The van der Waals surface area contributed by atoms with Crippen LogP contribution in [0.5, 0.6) is 0 Å². The SMILES string of the molecule is O=C(O)[C@H]1CC[C@@H](c2cc(F)ccc2F)N1C(=O)O. The fourth-order valence-electron chi connectivity index (χ4n) is 2.40. The molecule has 1 aromatic carbocycles. The molecule has 1 aromatic rings. The van der Waals surface area contributed by atoms with Gasteiger partial charge in [0.1, 0.15) is 17.7 Å². The van der Waals surface area contributed by atoms with Crippen LogP contribution < -0.4 is 0 Å². The fourth-order valence-corrected chi connectivity index (χ4v) is 2.40. The molecule has 7 heteroatoms. The van der Waals surface area contributed by atoms with Gasteiger partial charge in [-0.15, -0.1) is 0 Å². The van der Waals surface area contributed by atoms with E-state index in [0.717, 1.165) is 18.2 Å². The quantitative estimate of drug-likeness (QED) is 0.864. The molecule has 1 aliphatic rings. The molecule has 0 bridgehead atoms. The molecule has 1 amide bonds. The second-order valence-corrected chi connectivity index (χ2v) is 4.30. The number of carboxylic acids is 1. The molecule has 1 fully saturated rings. The molecule has 102 valence electrons. The van der Waals surface area contributed by atoms with Crippen molar-refractivity contribution in [3.05, 3.63) is 35.4 Å². The summed E-state index contributed by atoms with van der Waals surface area (Å²) in [5.74, 6) is -2.73. The normalized spacial score (nSPS) is 22.5. The Morgan fingerprint density at radius 2 is 1.89 bits per heavy atom. The average molecular weight is 271 g/mol. The molecule has 2 rings (SSSR count). The Bertz CT molecular complexity index is 534. The van der Waals surface area contributed by atoms with E-state index in [9.17, 15) is 18.4 Å². The van der Waals surface area contributed by atoms with Crippen molar-refractivity contribution < 1.29 is 28.6 Å². The van der Waals surface area contributed by atoms with Gasteiger partial charge in [0.05, 0.1) is 6.04 Å². The van der Waals surface area contributed by atoms with Crippen LogP contribution in [0.25, 0.3) is 0 Å². The van der Waals surface area contributed by atoms with Gasteiger partial charge in [0, 0.05) is 5.56 Å². The van der Waals surface area contributed by atoms with E-state index in [4.69, 9.17) is 10.2 Å². The van der Waals surface area contributed by atoms with Crippen molar-refractivity contribution in [2.24, 2.45) is 0 Å². The third kappa shape index (κ3) is 2.35. The zero-order chi connectivity index (χ0) is 14.2. The number of rotatable bonds is 2. The maximum Gasteiger partial charge on any atom is 0.408 e. The highest BCUT2D eigenvalue weighted by Gasteiger charge is 2.42. The van der Waals surface area contributed by atoms with Crippen LogP contribution in [0.1, 0.15) is 24.4 Å². The van der Waals surface area contributed by atoms with Crippen LogP contribution in [0.4, 0.5) is 13.6 Å². The minimum atomic E-state index is -1.46. The molecule has 0 aliphatic carbocycles. The van der Waals surface area contributed by atoms with Gasteiger partial charge in [-0.05, 0) is 31.0 Å². The van der Waals surface area contributed by atoms with Gasteiger partial charge in [0.2, 0.25) is 0 Å². The number of nitrogens with zero attached hydrogens (tertiary/aromatic N) is 1. The number of benzene rings is 1. The molecule has 2 N–H and O–H groups in total. The zero-order valence-electron chi connectivity index (χ0n) is 9.72. The number of halogens is 2. The molecule has 0 saturated carbocycles. The van der Waals surface area contributed by atoms with Crippen LogP contribution in [-0.4, -0.2) is 33.2 Å². The van der Waals surface area contributed by atoms with Gasteiger partial charge in [0.25, 0.3) is 0 Å². The van der Waals surface area contributed by atoms with Gasteiger partial charge in [0.15, 0.2) is 0 Å². The smallest absolute Gasteiger partial charge is 0.408 e. The van der Waals surface area contributed by atoms with Crippen molar-refractivity contribution >= 4 is 12.1 Å². The molecule has 0 spiro atoms. The van der Waals surface area contributed by atoms with E-state index in [-0.39, 0.29) is 18.4 Å². The first-order valence-corrected chi connectivity index (χ1v) is 5.61. The molecule has 19 heavy (non-hydrogen) atoms. The van der Waals surface area contributed by atoms with Crippen LogP contribution in [0.15, 0.2) is 18.2 Å². The van der Waals surface area contributed by atoms with Crippen LogP contribution in [0, 0.1) is 11.6 Å².